The lowest BCUT2D eigenvalue weighted by Gasteiger charge is -1.92. The summed E-state index contributed by atoms with van der Waals surface area (Å²) in [5.74, 6) is 0. The first-order chi connectivity index (χ1) is 7.00. The molecule has 1 radical (unpaired) electrons. The van der Waals surface area contributed by atoms with Gasteiger partial charge in [0, 0.05) is 0 Å². The van der Waals surface area contributed by atoms with Crippen LogP contribution in [-0.4, -0.2) is 0 Å². The molecule has 0 aliphatic heterocycles. The van der Waals surface area contributed by atoms with E-state index in [-0.39, 0.29) is 0 Å². The first-order valence-electron chi connectivity index (χ1n) is 5.45. The Balaban J connectivity index is 2.35. The Morgan fingerprint density at radius 3 is 2.21 bits per heavy atom. The Morgan fingerprint density at radius 1 is 0.571 bits per heavy atom. The van der Waals surface area contributed by atoms with Gasteiger partial charge in [0.2, 0.25) is 0 Å². The second kappa shape index (κ2) is 8.55. The van der Waals surface area contributed by atoms with Gasteiger partial charge in [-0.15, -0.1) is 0 Å². The second-order valence-corrected chi connectivity index (χ2v) is 3.40. The van der Waals surface area contributed by atoms with Gasteiger partial charge < -0.3 is 0 Å². The van der Waals surface area contributed by atoms with Crippen molar-refractivity contribution in [2.75, 3.05) is 0 Å². The van der Waals surface area contributed by atoms with Gasteiger partial charge >= 0.3 is 0 Å². The average molecular weight is 187 g/mol. The van der Waals surface area contributed by atoms with Crippen LogP contribution in [0.5, 0.6) is 0 Å². The Labute approximate surface area is 87.7 Å². The minimum atomic E-state index is 1.07. The van der Waals surface area contributed by atoms with Crippen LogP contribution in [0.25, 0.3) is 0 Å². The molecule has 1 aliphatic carbocycles. The Morgan fingerprint density at radius 2 is 1.29 bits per heavy atom. The van der Waals surface area contributed by atoms with E-state index in [0.717, 1.165) is 12.8 Å². The molecule has 0 fully saturated rings. The molecule has 0 atom stereocenters. The Bertz CT molecular complexity index is 204. The molecule has 0 nitrogen and oxygen atoms in total. The number of hydrogen-bond donors (Lipinski definition) is 0. The summed E-state index contributed by atoms with van der Waals surface area (Å²) >= 11 is 0. The highest BCUT2D eigenvalue weighted by molar-refractivity contribution is 5.11. The summed E-state index contributed by atoms with van der Waals surface area (Å²) in [6.45, 7) is 0. The summed E-state index contributed by atoms with van der Waals surface area (Å²) in [4.78, 5) is 0. The maximum absolute atomic E-state index is 2.29. The topological polar surface area (TPSA) is 0 Å². The molecule has 0 amide bonds. The van der Waals surface area contributed by atoms with Crippen molar-refractivity contribution in [2.45, 2.75) is 32.1 Å². The Kier molecular flexibility index (Phi) is 6.74. The van der Waals surface area contributed by atoms with Gasteiger partial charge in [0.15, 0.2) is 0 Å². The zero-order chi connectivity index (χ0) is 9.90. The van der Waals surface area contributed by atoms with Crippen LogP contribution in [0.15, 0.2) is 48.6 Å². The molecule has 0 N–H and O–H groups in total. The molecule has 0 saturated heterocycles. The van der Waals surface area contributed by atoms with Crippen LogP contribution in [0, 0.1) is 6.42 Å². The van der Waals surface area contributed by atoms with E-state index in [1.807, 2.05) is 0 Å². The second-order valence-electron chi connectivity index (χ2n) is 3.40. The molecular weight excluding hydrogens is 168 g/mol. The van der Waals surface area contributed by atoms with Gasteiger partial charge in [-0.2, -0.15) is 0 Å². The van der Waals surface area contributed by atoms with E-state index in [9.17, 15) is 0 Å². The van der Waals surface area contributed by atoms with Crippen molar-refractivity contribution in [3.05, 3.63) is 55.0 Å². The predicted octanol–water partition coefficient (Wildman–Crippen LogP) is 4.38. The van der Waals surface area contributed by atoms with Crippen molar-refractivity contribution in [2.24, 2.45) is 0 Å². The fourth-order valence-corrected chi connectivity index (χ4v) is 1.32. The first kappa shape index (κ1) is 11.0. The summed E-state index contributed by atoms with van der Waals surface area (Å²) in [7, 11) is 0. The van der Waals surface area contributed by atoms with Crippen molar-refractivity contribution in [3.8, 4) is 0 Å². The third-order valence-corrected chi connectivity index (χ3v) is 2.12. The smallest absolute Gasteiger partial charge is 0.0311 e. The van der Waals surface area contributed by atoms with E-state index in [2.05, 4.69) is 55.0 Å². The number of allylic oxidation sites excluding steroid dienone is 8. The van der Waals surface area contributed by atoms with Crippen LogP contribution >= 0.6 is 0 Å². The van der Waals surface area contributed by atoms with Gasteiger partial charge in [0.1, 0.15) is 0 Å². The monoisotopic (exact) mass is 187 g/mol. The molecule has 0 aromatic rings. The normalized spacial score (nSPS) is 28.6. The molecule has 1 rings (SSSR count). The number of hydrogen-bond acceptors (Lipinski definition) is 0. The molecule has 14 heavy (non-hydrogen) atoms. The molecule has 0 unspecified atom stereocenters. The standard InChI is InChI=1S/C14H19/c1-2-4-6-8-10-12-14-13-11-9-7-5-3-1/h1-6,9,13-14H,7-8,10-12H2/b2-1+,5-3-,6-4-,14-13+. The molecule has 0 heterocycles. The van der Waals surface area contributed by atoms with Gasteiger partial charge in [-0.05, 0) is 38.5 Å². The molecule has 0 bridgehead atoms. The van der Waals surface area contributed by atoms with Crippen LogP contribution in [-0.2, 0) is 0 Å². The molecular formula is C14H19. The fraction of sp³-hybridized carbons (Fsp3) is 0.357. The maximum atomic E-state index is 2.29. The lowest BCUT2D eigenvalue weighted by molar-refractivity contribution is 0.864. The van der Waals surface area contributed by atoms with E-state index in [0.29, 0.717) is 0 Å². The third-order valence-electron chi connectivity index (χ3n) is 2.12. The zero-order valence-corrected chi connectivity index (χ0v) is 8.73. The van der Waals surface area contributed by atoms with E-state index in [1.165, 1.54) is 19.3 Å². The van der Waals surface area contributed by atoms with E-state index >= 15 is 0 Å². The lowest BCUT2D eigenvalue weighted by Crippen LogP contribution is -1.73. The molecule has 0 spiro atoms. The fourth-order valence-electron chi connectivity index (χ4n) is 1.32. The highest BCUT2D eigenvalue weighted by Gasteiger charge is 1.83. The third kappa shape index (κ3) is 6.47. The van der Waals surface area contributed by atoms with Crippen LogP contribution in [0.2, 0.25) is 0 Å². The molecule has 0 aromatic carbocycles. The maximum Gasteiger partial charge on any atom is -0.0311 e. The largest absolute Gasteiger partial charge is 0.0885 e. The molecule has 0 saturated carbocycles. The van der Waals surface area contributed by atoms with Crippen molar-refractivity contribution >= 4 is 0 Å². The highest BCUT2D eigenvalue weighted by atomic mass is 13.9. The summed E-state index contributed by atoms with van der Waals surface area (Å²) in [5, 5.41) is 0. The molecule has 1 aliphatic rings. The quantitative estimate of drug-likeness (QED) is 0.494. The van der Waals surface area contributed by atoms with Crippen molar-refractivity contribution in [1.29, 1.82) is 0 Å². The highest BCUT2D eigenvalue weighted by Crippen LogP contribution is 2.02. The van der Waals surface area contributed by atoms with Gasteiger partial charge in [0.25, 0.3) is 0 Å². The molecule has 0 heteroatoms. The van der Waals surface area contributed by atoms with E-state index in [4.69, 9.17) is 0 Å². The van der Waals surface area contributed by atoms with Gasteiger partial charge in [-0.25, -0.2) is 0 Å². The van der Waals surface area contributed by atoms with Gasteiger partial charge in [-0.1, -0.05) is 48.6 Å². The van der Waals surface area contributed by atoms with Gasteiger partial charge in [-0.3, -0.25) is 0 Å². The van der Waals surface area contributed by atoms with E-state index in [1.54, 1.807) is 0 Å². The first-order valence-corrected chi connectivity index (χ1v) is 5.45. The van der Waals surface area contributed by atoms with Crippen LogP contribution in [0.1, 0.15) is 32.1 Å². The van der Waals surface area contributed by atoms with Crippen LogP contribution in [0.3, 0.4) is 0 Å². The summed E-state index contributed by atoms with van der Waals surface area (Å²) in [6.07, 6.45) is 25.5. The predicted molar refractivity (Wildman–Crippen MR) is 63.9 cm³/mol. The van der Waals surface area contributed by atoms with Crippen LogP contribution < -0.4 is 0 Å². The minimum Gasteiger partial charge on any atom is -0.0885 e. The van der Waals surface area contributed by atoms with Crippen molar-refractivity contribution < 1.29 is 0 Å². The Hall–Kier alpha value is -1.04. The average Bonchev–Trinajstić information content (AvgIpc) is 2.22. The van der Waals surface area contributed by atoms with Crippen molar-refractivity contribution in [1.82, 2.24) is 0 Å². The van der Waals surface area contributed by atoms with Crippen molar-refractivity contribution in [3.63, 3.8) is 0 Å². The van der Waals surface area contributed by atoms with E-state index < -0.39 is 0 Å². The SMILES string of the molecule is [CH]1C\C=C/C=C/C=C\CCC/C=C/C1. The molecule has 0 aromatic heterocycles. The lowest BCUT2D eigenvalue weighted by atomic mass is 10.1. The number of rotatable bonds is 0. The van der Waals surface area contributed by atoms with Crippen LogP contribution in [0.4, 0.5) is 0 Å². The summed E-state index contributed by atoms with van der Waals surface area (Å²) in [6, 6.07) is 0. The minimum absolute atomic E-state index is 1.07. The van der Waals surface area contributed by atoms with Gasteiger partial charge in [0.05, 0.1) is 0 Å². The summed E-state index contributed by atoms with van der Waals surface area (Å²) < 4.78 is 0. The summed E-state index contributed by atoms with van der Waals surface area (Å²) in [5.41, 5.74) is 0. The molecule has 75 valence electrons. The zero-order valence-electron chi connectivity index (χ0n) is 8.73.